The van der Waals surface area contributed by atoms with Crippen molar-refractivity contribution in [2.45, 2.75) is 33.4 Å². The number of nitrogens with one attached hydrogen (secondary N) is 1. The molecule has 1 aromatic rings. The van der Waals surface area contributed by atoms with Crippen molar-refractivity contribution >= 4 is 5.97 Å². The lowest BCUT2D eigenvalue weighted by molar-refractivity contribution is 0.0661. The number of aromatic carboxylic acids is 1. The van der Waals surface area contributed by atoms with Crippen molar-refractivity contribution in [3.05, 3.63) is 23.2 Å². The van der Waals surface area contributed by atoms with Gasteiger partial charge in [0.15, 0.2) is 0 Å². The average molecular weight is 241 g/mol. The SMILES string of the molecule is Cc1oc(C(=O)O)cc1CNC(C)C(C)CO. The van der Waals surface area contributed by atoms with Gasteiger partial charge in [0, 0.05) is 24.8 Å². The van der Waals surface area contributed by atoms with Gasteiger partial charge in [0.1, 0.15) is 5.76 Å². The standard InChI is InChI=1S/C12H19NO4/c1-7(6-14)8(2)13-5-10-4-11(12(15)16)17-9(10)3/h4,7-8,13-14H,5-6H2,1-3H3,(H,15,16). The van der Waals surface area contributed by atoms with Crippen LogP contribution in [-0.2, 0) is 6.54 Å². The molecule has 2 atom stereocenters. The topological polar surface area (TPSA) is 82.7 Å². The first kappa shape index (κ1) is 13.7. The Morgan fingerprint density at radius 3 is 2.65 bits per heavy atom. The fourth-order valence-corrected chi connectivity index (χ4v) is 1.43. The highest BCUT2D eigenvalue weighted by molar-refractivity contribution is 5.84. The molecule has 0 saturated carbocycles. The van der Waals surface area contributed by atoms with Gasteiger partial charge in [0.05, 0.1) is 0 Å². The highest BCUT2D eigenvalue weighted by atomic mass is 16.4. The third kappa shape index (κ3) is 3.57. The molecule has 17 heavy (non-hydrogen) atoms. The first-order valence-corrected chi connectivity index (χ1v) is 5.62. The van der Waals surface area contributed by atoms with E-state index in [1.807, 2.05) is 13.8 Å². The van der Waals surface area contributed by atoms with Gasteiger partial charge in [-0.05, 0) is 25.8 Å². The third-order valence-corrected chi connectivity index (χ3v) is 2.99. The van der Waals surface area contributed by atoms with Crippen LogP contribution in [-0.4, -0.2) is 28.8 Å². The minimum absolute atomic E-state index is 0.0397. The summed E-state index contributed by atoms with van der Waals surface area (Å²) in [5, 5.41) is 21.0. The molecule has 0 bridgehead atoms. The lowest BCUT2D eigenvalue weighted by Gasteiger charge is -2.18. The molecule has 0 amide bonds. The maximum absolute atomic E-state index is 10.7. The molecule has 5 nitrogen and oxygen atoms in total. The van der Waals surface area contributed by atoms with Gasteiger partial charge < -0.3 is 19.9 Å². The number of carbonyl (C=O) groups is 1. The zero-order chi connectivity index (χ0) is 13.0. The lowest BCUT2D eigenvalue weighted by Crippen LogP contribution is -2.33. The van der Waals surface area contributed by atoms with E-state index in [1.54, 1.807) is 6.92 Å². The highest BCUT2D eigenvalue weighted by Gasteiger charge is 2.15. The lowest BCUT2D eigenvalue weighted by atomic mass is 10.0. The Hall–Kier alpha value is -1.33. The molecule has 0 aliphatic heterocycles. The van der Waals surface area contributed by atoms with E-state index in [0.29, 0.717) is 12.3 Å². The van der Waals surface area contributed by atoms with Crippen LogP contribution in [0.3, 0.4) is 0 Å². The zero-order valence-corrected chi connectivity index (χ0v) is 10.4. The molecule has 1 rings (SSSR count). The molecule has 0 aliphatic rings. The summed E-state index contributed by atoms with van der Waals surface area (Å²) >= 11 is 0. The Morgan fingerprint density at radius 2 is 2.18 bits per heavy atom. The molecular formula is C12H19NO4. The van der Waals surface area contributed by atoms with Gasteiger partial charge in [0.25, 0.3) is 0 Å². The Kier molecular flexibility index (Phi) is 4.72. The fraction of sp³-hybridized carbons (Fsp3) is 0.583. The monoisotopic (exact) mass is 241 g/mol. The number of aryl methyl sites for hydroxylation is 1. The van der Waals surface area contributed by atoms with Crippen LogP contribution in [0.4, 0.5) is 0 Å². The van der Waals surface area contributed by atoms with Gasteiger partial charge in [-0.3, -0.25) is 0 Å². The van der Waals surface area contributed by atoms with E-state index in [1.165, 1.54) is 6.07 Å². The van der Waals surface area contributed by atoms with E-state index in [-0.39, 0.29) is 24.3 Å². The molecule has 96 valence electrons. The summed E-state index contributed by atoms with van der Waals surface area (Å²) in [4.78, 5) is 10.7. The molecule has 0 spiro atoms. The molecular weight excluding hydrogens is 222 g/mol. The average Bonchev–Trinajstić information content (AvgIpc) is 2.66. The maximum atomic E-state index is 10.7. The molecule has 1 heterocycles. The van der Waals surface area contributed by atoms with Crippen LogP contribution in [0.15, 0.2) is 10.5 Å². The van der Waals surface area contributed by atoms with E-state index < -0.39 is 5.97 Å². The fourth-order valence-electron chi connectivity index (χ4n) is 1.43. The van der Waals surface area contributed by atoms with E-state index in [2.05, 4.69) is 5.32 Å². The normalized spacial score (nSPS) is 14.6. The summed E-state index contributed by atoms with van der Waals surface area (Å²) < 4.78 is 5.11. The number of aliphatic hydroxyl groups excluding tert-OH is 1. The summed E-state index contributed by atoms with van der Waals surface area (Å²) in [6.45, 7) is 6.33. The molecule has 1 aromatic heterocycles. The van der Waals surface area contributed by atoms with Crippen molar-refractivity contribution in [2.24, 2.45) is 5.92 Å². The van der Waals surface area contributed by atoms with E-state index in [0.717, 1.165) is 5.56 Å². The molecule has 5 heteroatoms. The Labute approximate surface area is 100 Å². The number of furan rings is 1. The van der Waals surface area contributed by atoms with Crippen LogP contribution in [0.2, 0.25) is 0 Å². The Morgan fingerprint density at radius 1 is 1.53 bits per heavy atom. The van der Waals surface area contributed by atoms with Crippen LogP contribution in [0, 0.1) is 12.8 Å². The van der Waals surface area contributed by atoms with Gasteiger partial charge in [-0.15, -0.1) is 0 Å². The second kappa shape index (κ2) is 5.84. The summed E-state index contributed by atoms with van der Waals surface area (Å²) in [5.41, 5.74) is 0.833. The van der Waals surface area contributed by atoms with Crippen molar-refractivity contribution in [1.29, 1.82) is 0 Å². The van der Waals surface area contributed by atoms with Crippen LogP contribution in [0.5, 0.6) is 0 Å². The van der Waals surface area contributed by atoms with Crippen molar-refractivity contribution in [3.8, 4) is 0 Å². The van der Waals surface area contributed by atoms with Gasteiger partial charge >= 0.3 is 5.97 Å². The van der Waals surface area contributed by atoms with Gasteiger partial charge in [0.2, 0.25) is 5.76 Å². The van der Waals surface area contributed by atoms with Gasteiger partial charge in [-0.2, -0.15) is 0 Å². The van der Waals surface area contributed by atoms with Crippen molar-refractivity contribution < 1.29 is 19.4 Å². The van der Waals surface area contributed by atoms with Gasteiger partial charge in [-0.1, -0.05) is 6.92 Å². The van der Waals surface area contributed by atoms with Crippen molar-refractivity contribution in [3.63, 3.8) is 0 Å². The van der Waals surface area contributed by atoms with Crippen LogP contribution in [0.1, 0.15) is 35.7 Å². The largest absolute Gasteiger partial charge is 0.475 e. The summed E-state index contributed by atoms with van der Waals surface area (Å²) in [5.74, 6) is -0.335. The number of rotatable bonds is 6. The van der Waals surface area contributed by atoms with Crippen LogP contribution >= 0.6 is 0 Å². The predicted octanol–water partition coefficient (Wildman–Crippen LogP) is 1.39. The minimum atomic E-state index is -1.06. The Balaban J connectivity index is 2.60. The molecule has 0 aliphatic carbocycles. The van der Waals surface area contributed by atoms with Crippen LogP contribution in [0.25, 0.3) is 0 Å². The zero-order valence-electron chi connectivity index (χ0n) is 10.4. The molecule has 0 aromatic carbocycles. The quantitative estimate of drug-likeness (QED) is 0.701. The third-order valence-electron chi connectivity index (χ3n) is 2.99. The minimum Gasteiger partial charge on any atom is -0.475 e. The number of carboxylic acid groups (broad SMARTS) is 1. The van der Waals surface area contributed by atoms with Crippen molar-refractivity contribution in [1.82, 2.24) is 5.32 Å². The first-order chi connectivity index (χ1) is 7.95. The highest BCUT2D eigenvalue weighted by Crippen LogP contribution is 2.15. The molecule has 0 radical (unpaired) electrons. The predicted molar refractivity (Wildman–Crippen MR) is 63.0 cm³/mol. The first-order valence-electron chi connectivity index (χ1n) is 5.62. The van der Waals surface area contributed by atoms with Crippen molar-refractivity contribution in [2.75, 3.05) is 6.61 Å². The molecule has 3 N–H and O–H groups in total. The molecule has 2 unspecified atom stereocenters. The number of hydrogen-bond acceptors (Lipinski definition) is 4. The molecule has 0 saturated heterocycles. The molecule has 0 fully saturated rings. The van der Waals surface area contributed by atoms with E-state index >= 15 is 0 Å². The summed E-state index contributed by atoms with van der Waals surface area (Å²) in [6, 6.07) is 1.68. The van der Waals surface area contributed by atoms with Crippen LogP contribution < -0.4 is 5.32 Å². The number of carboxylic acids is 1. The Bertz CT molecular complexity index is 386. The van der Waals surface area contributed by atoms with E-state index in [4.69, 9.17) is 14.6 Å². The number of hydrogen-bond donors (Lipinski definition) is 3. The summed E-state index contributed by atoms with van der Waals surface area (Å²) in [7, 11) is 0. The van der Waals surface area contributed by atoms with E-state index in [9.17, 15) is 4.79 Å². The summed E-state index contributed by atoms with van der Waals surface area (Å²) in [6.07, 6.45) is 0. The number of aliphatic hydroxyl groups is 1. The smallest absolute Gasteiger partial charge is 0.371 e. The second-order valence-corrected chi connectivity index (χ2v) is 4.33. The second-order valence-electron chi connectivity index (χ2n) is 4.33. The van der Waals surface area contributed by atoms with Gasteiger partial charge in [-0.25, -0.2) is 4.79 Å². The maximum Gasteiger partial charge on any atom is 0.371 e.